The van der Waals surface area contributed by atoms with E-state index in [-0.39, 0.29) is 6.61 Å². The first kappa shape index (κ1) is 26.1. The molecule has 2 aromatic carbocycles. The molecule has 1 amide bonds. The number of aryl methyl sites for hydroxylation is 1. The topological polar surface area (TPSA) is 101 Å². The van der Waals surface area contributed by atoms with Crippen molar-refractivity contribution in [1.29, 1.82) is 0 Å². The molecule has 0 aliphatic carbocycles. The minimum Gasteiger partial charge on any atom is -0.449 e. The molecule has 4 rings (SSSR count). The third kappa shape index (κ3) is 8.01. The summed E-state index contributed by atoms with van der Waals surface area (Å²) in [5, 5.41) is 7.11. The zero-order valence-electron chi connectivity index (χ0n) is 21.6. The molecule has 0 atom stereocenters. The Labute approximate surface area is 217 Å². The van der Waals surface area contributed by atoms with Gasteiger partial charge in [-0.15, -0.1) is 0 Å². The summed E-state index contributed by atoms with van der Waals surface area (Å²) in [5.41, 5.74) is 7.08. The van der Waals surface area contributed by atoms with E-state index in [9.17, 15) is 4.79 Å². The van der Waals surface area contributed by atoms with Crippen molar-refractivity contribution in [2.45, 2.75) is 33.1 Å². The van der Waals surface area contributed by atoms with E-state index < -0.39 is 6.09 Å². The van der Waals surface area contributed by atoms with Gasteiger partial charge in [-0.1, -0.05) is 55.8 Å². The van der Waals surface area contributed by atoms with E-state index in [0.29, 0.717) is 42.9 Å². The van der Waals surface area contributed by atoms with Crippen molar-refractivity contribution in [3.05, 3.63) is 77.1 Å². The van der Waals surface area contributed by atoms with Gasteiger partial charge in [0.25, 0.3) is 0 Å². The minimum atomic E-state index is -0.511. The Morgan fingerprint density at radius 3 is 2.65 bits per heavy atom. The number of hydrazone groups is 1. The van der Waals surface area contributed by atoms with Crippen LogP contribution in [-0.2, 0) is 15.9 Å². The highest BCUT2D eigenvalue weighted by molar-refractivity contribution is 5.84. The second-order valence-corrected chi connectivity index (χ2v) is 9.20. The molecule has 2 heterocycles. The summed E-state index contributed by atoms with van der Waals surface area (Å²) >= 11 is 0. The number of aromatic nitrogens is 2. The molecular weight excluding hydrogens is 468 g/mol. The van der Waals surface area contributed by atoms with Crippen LogP contribution in [0.25, 0.3) is 0 Å². The van der Waals surface area contributed by atoms with Gasteiger partial charge in [0, 0.05) is 31.3 Å². The van der Waals surface area contributed by atoms with E-state index >= 15 is 0 Å². The van der Waals surface area contributed by atoms with Gasteiger partial charge in [0.2, 0.25) is 0 Å². The second-order valence-electron chi connectivity index (χ2n) is 9.20. The monoisotopic (exact) mass is 502 g/mol. The van der Waals surface area contributed by atoms with Gasteiger partial charge in [0.15, 0.2) is 5.82 Å². The summed E-state index contributed by atoms with van der Waals surface area (Å²) in [4.78, 5) is 23.7. The van der Waals surface area contributed by atoms with Crippen LogP contribution < -0.4 is 15.6 Å². The molecule has 3 aromatic rings. The number of rotatable bonds is 9. The second kappa shape index (κ2) is 12.8. The van der Waals surface area contributed by atoms with E-state index in [1.807, 2.05) is 55.5 Å². The highest BCUT2D eigenvalue weighted by atomic mass is 16.5. The highest BCUT2D eigenvalue weighted by Gasteiger charge is 2.15. The van der Waals surface area contributed by atoms with Crippen LogP contribution in [0, 0.1) is 6.92 Å². The molecule has 0 bridgehead atoms. The molecule has 0 spiro atoms. The summed E-state index contributed by atoms with van der Waals surface area (Å²) in [6.07, 6.45) is 1.61. The Bertz CT molecular complexity index is 1210. The number of hydrogen-bond acceptors (Lipinski definition) is 8. The van der Waals surface area contributed by atoms with Gasteiger partial charge in [-0.2, -0.15) is 5.10 Å². The molecule has 194 valence electrons. The van der Waals surface area contributed by atoms with Crippen LogP contribution in [0.2, 0.25) is 0 Å². The van der Waals surface area contributed by atoms with Crippen molar-refractivity contribution in [2.24, 2.45) is 5.10 Å². The maximum atomic E-state index is 12.3. The third-order valence-corrected chi connectivity index (χ3v) is 5.91. The molecule has 1 aliphatic rings. The zero-order valence-corrected chi connectivity index (χ0v) is 21.6. The fourth-order valence-electron chi connectivity index (χ4n) is 3.87. The summed E-state index contributed by atoms with van der Waals surface area (Å²) in [6, 6.07) is 17.7. The van der Waals surface area contributed by atoms with Crippen LogP contribution >= 0.6 is 0 Å². The lowest BCUT2D eigenvalue weighted by Gasteiger charge is -2.28. The number of carbonyl (C=O) groups excluding carboxylic acids is 1. The zero-order chi connectivity index (χ0) is 26.0. The molecule has 37 heavy (non-hydrogen) atoms. The average Bonchev–Trinajstić information content (AvgIpc) is 2.89. The molecule has 2 N–H and O–H groups in total. The summed E-state index contributed by atoms with van der Waals surface area (Å²) in [6.45, 7) is 9.24. The van der Waals surface area contributed by atoms with Crippen molar-refractivity contribution in [2.75, 3.05) is 48.6 Å². The largest absolute Gasteiger partial charge is 0.449 e. The number of morpholine rings is 1. The first-order valence-corrected chi connectivity index (χ1v) is 12.6. The van der Waals surface area contributed by atoms with Crippen molar-refractivity contribution < 1.29 is 14.3 Å². The molecule has 1 aromatic heterocycles. The predicted molar refractivity (Wildman–Crippen MR) is 147 cm³/mol. The molecule has 1 saturated heterocycles. The lowest BCUT2D eigenvalue weighted by atomic mass is 10.0. The van der Waals surface area contributed by atoms with Crippen LogP contribution in [0.3, 0.4) is 0 Å². The van der Waals surface area contributed by atoms with Crippen LogP contribution in [0.15, 0.2) is 59.7 Å². The third-order valence-electron chi connectivity index (χ3n) is 5.91. The Morgan fingerprint density at radius 2 is 1.92 bits per heavy atom. The van der Waals surface area contributed by atoms with E-state index in [4.69, 9.17) is 14.5 Å². The maximum absolute atomic E-state index is 12.3. The minimum absolute atomic E-state index is 0.147. The van der Waals surface area contributed by atoms with Gasteiger partial charge in [-0.25, -0.2) is 14.8 Å². The Balaban J connectivity index is 1.38. The highest BCUT2D eigenvalue weighted by Crippen LogP contribution is 2.19. The number of hydrogen-bond donors (Lipinski definition) is 2. The van der Waals surface area contributed by atoms with Crippen molar-refractivity contribution in [3.63, 3.8) is 0 Å². The first-order chi connectivity index (χ1) is 18.0. The SMILES string of the molecule is Cc1cccc(C=NNc2cc(N3CCOCC3)nc(CCOC(=O)Nc3ccc(C(C)C)cc3)n2)c1. The van der Waals surface area contributed by atoms with E-state index in [1.165, 1.54) is 11.1 Å². The van der Waals surface area contributed by atoms with Crippen molar-refractivity contribution >= 4 is 29.6 Å². The maximum Gasteiger partial charge on any atom is 0.411 e. The van der Waals surface area contributed by atoms with Gasteiger partial charge in [-0.05, 0) is 36.1 Å². The number of amides is 1. The van der Waals surface area contributed by atoms with Crippen LogP contribution in [-0.4, -0.2) is 55.2 Å². The standard InChI is InChI=1S/C28H34N6O3/c1-20(2)23-7-9-24(10-8-23)30-28(35)37-14-11-25-31-26(18-27(32-25)34-12-15-36-16-13-34)33-29-19-22-6-4-5-21(3)17-22/h4-10,17-20H,11-16H2,1-3H3,(H,30,35)(H,31,32,33). The van der Waals surface area contributed by atoms with E-state index in [2.05, 4.69) is 45.6 Å². The van der Waals surface area contributed by atoms with E-state index in [1.54, 1.807) is 6.21 Å². The summed E-state index contributed by atoms with van der Waals surface area (Å²) in [7, 11) is 0. The molecular formula is C28H34N6O3. The number of anilines is 3. The number of benzene rings is 2. The number of nitrogens with one attached hydrogen (secondary N) is 2. The quantitative estimate of drug-likeness (QED) is 0.314. The first-order valence-electron chi connectivity index (χ1n) is 12.6. The molecule has 0 radical (unpaired) electrons. The van der Waals surface area contributed by atoms with Gasteiger partial charge < -0.3 is 14.4 Å². The lowest BCUT2D eigenvalue weighted by molar-refractivity contribution is 0.122. The van der Waals surface area contributed by atoms with Crippen molar-refractivity contribution in [1.82, 2.24) is 9.97 Å². The molecule has 9 heteroatoms. The number of ether oxygens (including phenoxy) is 2. The normalized spacial score (nSPS) is 13.7. The molecule has 1 fully saturated rings. The molecule has 0 saturated carbocycles. The van der Waals surface area contributed by atoms with Gasteiger partial charge in [0.1, 0.15) is 18.2 Å². The van der Waals surface area contributed by atoms with Crippen LogP contribution in [0.5, 0.6) is 0 Å². The Hall–Kier alpha value is -3.98. The average molecular weight is 503 g/mol. The van der Waals surface area contributed by atoms with Crippen molar-refractivity contribution in [3.8, 4) is 0 Å². The summed E-state index contributed by atoms with van der Waals surface area (Å²) in [5.74, 6) is 2.36. The number of nitrogens with zero attached hydrogens (tertiary/aromatic N) is 4. The molecule has 1 aliphatic heterocycles. The Morgan fingerprint density at radius 1 is 1.14 bits per heavy atom. The summed E-state index contributed by atoms with van der Waals surface area (Å²) < 4.78 is 10.9. The Kier molecular flexibility index (Phi) is 9.04. The van der Waals surface area contributed by atoms with E-state index in [0.717, 1.165) is 24.5 Å². The fraction of sp³-hybridized carbons (Fsp3) is 0.357. The van der Waals surface area contributed by atoms with Gasteiger partial charge in [0.05, 0.1) is 19.4 Å². The van der Waals surface area contributed by atoms with Crippen LogP contribution in [0.4, 0.5) is 22.1 Å². The van der Waals surface area contributed by atoms with Gasteiger partial charge >= 0.3 is 6.09 Å². The lowest BCUT2D eigenvalue weighted by Crippen LogP contribution is -2.37. The predicted octanol–water partition coefficient (Wildman–Crippen LogP) is 4.98. The smallest absolute Gasteiger partial charge is 0.411 e. The molecule has 9 nitrogen and oxygen atoms in total. The fourth-order valence-corrected chi connectivity index (χ4v) is 3.87. The van der Waals surface area contributed by atoms with Gasteiger partial charge in [-0.3, -0.25) is 10.7 Å². The number of carbonyl (C=O) groups is 1. The molecule has 0 unspecified atom stereocenters. The van der Waals surface area contributed by atoms with Crippen LogP contribution in [0.1, 0.15) is 42.3 Å².